The van der Waals surface area contributed by atoms with Crippen LogP contribution >= 0.6 is 0 Å². The van der Waals surface area contributed by atoms with Crippen LogP contribution in [0.4, 0.5) is 0 Å². The van der Waals surface area contributed by atoms with Gasteiger partial charge < -0.3 is 14.8 Å². The molecule has 0 atom stereocenters. The minimum atomic E-state index is 0.699. The first kappa shape index (κ1) is 15.6. The molecule has 0 radical (unpaired) electrons. The van der Waals surface area contributed by atoms with E-state index in [-0.39, 0.29) is 0 Å². The number of aryl methyl sites for hydroxylation is 1. The van der Waals surface area contributed by atoms with Gasteiger partial charge in [0, 0.05) is 39.1 Å². The number of nitrogens with zero attached hydrogens (tertiary/aromatic N) is 3. The number of aromatic nitrogens is 1. The van der Waals surface area contributed by atoms with Crippen molar-refractivity contribution in [2.24, 2.45) is 18.0 Å². The Morgan fingerprint density at radius 3 is 2.74 bits per heavy atom. The molecule has 1 heterocycles. The third-order valence-electron chi connectivity index (χ3n) is 3.11. The number of nitrogens with one attached hydrogen (secondary N) is 1. The van der Waals surface area contributed by atoms with Gasteiger partial charge in [-0.05, 0) is 31.4 Å². The maximum Gasteiger partial charge on any atom is 0.194 e. The Morgan fingerprint density at radius 2 is 2.21 bits per heavy atom. The highest BCUT2D eigenvalue weighted by Gasteiger charge is 2.08. The molecule has 0 bridgehead atoms. The van der Waals surface area contributed by atoms with Gasteiger partial charge in [0.2, 0.25) is 0 Å². The summed E-state index contributed by atoms with van der Waals surface area (Å²) in [5.41, 5.74) is 1.29. The van der Waals surface area contributed by atoms with E-state index in [1.54, 1.807) is 0 Å². The van der Waals surface area contributed by atoms with Crippen molar-refractivity contribution in [2.45, 2.75) is 33.7 Å². The normalized spacial score (nSPS) is 12.0. The minimum absolute atomic E-state index is 0.699. The molecule has 0 aromatic carbocycles. The third kappa shape index (κ3) is 5.37. The van der Waals surface area contributed by atoms with Crippen molar-refractivity contribution in [1.29, 1.82) is 0 Å². The van der Waals surface area contributed by atoms with Crippen molar-refractivity contribution in [3.05, 3.63) is 24.0 Å². The fraction of sp³-hybridized carbons (Fsp3) is 0.667. The summed E-state index contributed by atoms with van der Waals surface area (Å²) in [6.07, 6.45) is 3.21. The van der Waals surface area contributed by atoms with Gasteiger partial charge in [0.15, 0.2) is 5.96 Å². The second kappa shape index (κ2) is 7.87. The van der Waals surface area contributed by atoms with Gasteiger partial charge in [0.1, 0.15) is 0 Å². The van der Waals surface area contributed by atoms with Crippen LogP contribution in [0.2, 0.25) is 0 Å². The summed E-state index contributed by atoms with van der Waals surface area (Å²) in [7, 11) is 4.16. The first-order valence-corrected chi connectivity index (χ1v) is 7.14. The zero-order valence-corrected chi connectivity index (χ0v) is 13.0. The van der Waals surface area contributed by atoms with Gasteiger partial charge in [-0.25, -0.2) is 0 Å². The molecule has 4 heteroatoms. The molecule has 0 saturated heterocycles. The van der Waals surface area contributed by atoms with E-state index < -0.39 is 0 Å². The Balaban J connectivity index is 2.61. The van der Waals surface area contributed by atoms with Crippen molar-refractivity contribution in [1.82, 2.24) is 14.8 Å². The lowest BCUT2D eigenvalue weighted by atomic mass is 10.1. The van der Waals surface area contributed by atoms with Crippen molar-refractivity contribution in [3.63, 3.8) is 0 Å². The molecule has 4 nitrogen and oxygen atoms in total. The summed E-state index contributed by atoms with van der Waals surface area (Å²) >= 11 is 0. The molecule has 0 aliphatic heterocycles. The Kier molecular flexibility index (Phi) is 6.46. The van der Waals surface area contributed by atoms with Crippen LogP contribution in [0, 0.1) is 5.92 Å². The summed E-state index contributed by atoms with van der Waals surface area (Å²) in [6.45, 7) is 9.23. The predicted octanol–water partition coefficient (Wildman–Crippen LogP) is 2.47. The molecule has 0 saturated carbocycles. The maximum absolute atomic E-state index is 4.69. The topological polar surface area (TPSA) is 32.6 Å². The van der Waals surface area contributed by atoms with Gasteiger partial charge >= 0.3 is 0 Å². The van der Waals surface area contributed by atoms with Crippen LogP contribution in [0.15, 0.2) is 23.3 Å². The third-order valence-corrected chi connectivity index (χ3v) is 3.11. The summed E-state index contributed by atoms with van der Waals surface area (Å²) in [5.74, 6) is 1.69. The summed E-state index contributed by atoms with van der Waals surface area (Å²) < 4.78 is 2.15. The fourth-order valence-electron chi connectivity index (χ4n) is 1.88. The SMILES string of the molecule is CCNC(=NCCC(C)C)N(C)Cc1cccn1C. The lowest BCUT2D eigenvalue weighted by Gasteiger charge is -2.22. The molecule has 0 aliphatic carbocycles. The van der Waals surface area contributed by atoms with Crippen molar-refractivity contribution in [2.75, 3.05) is 20.1 Å². The van der Waals surface area contributed by atoms with Crippen LogP contribution in [-0.2, 0) is 13.6 Å². The molecular formula is C15H28N4. The highest BCUT2D eigenvalue weighted by molar-refractivity contribution is 5.79. The van der Waals surface area contributed by atoms with Crippen LogP contribution in [-0.4, -0.2) is 35.6 Å². The number of rotatable bonds is 6. The highest BCUT2D eigenvalue weighted by atomic mass is 15.3. The molecule has 0 amide bonds. The zero-order valence-electron chi connectivity index (χ0n) is 13.0. The van der Waals surface area contributed by atoms with E-state index in [9.17, 15) is 0 Å². The van der Waals surface area contributed by atoms with Gasteiger partial charge in [0.25, 0.3) is 0 Å². The molecule has 19 heavy (non-hydrogen) atoms. The molecule has 0 fully saturated rings. The molecule has 1 aromatic heterocycles. The number of hydrogen-bond acceptors (Lipinski definition) is 1. The largest absolute Gasteiger partial charge is 0.357 e. The number of hydrogen-bond donors (Lipinski definition) is 1. The van der Waals surface area contributed by atoms with E-state index in [4.69, 9.17) is 0 Å². The lowest BCUT2D eigenvalue weighted by Crippen LogP contribution is -2.39. The average molecular weight is 264 g/mol. The number of guanidine groups is 1. The summed E-state index contributed by atoms with van der Waals surface area (Å²) in [4.78, 5) is 6.87. The lowest BCUT2D eigenvalue weighted by molar-refractivity contribution is 0.460. The standard InChI is InChI=1S/C15H28N4/c1-6-16-15(17-10-9-13(2)3)19(5)12-14-8-7-11-18(14)4/h7-8,11,13H,6,9-10,12H2,1-5H3,(H,16,17). The highest BCUT2D eigenvalue weighted by Crippen LogP contribution is 2.04. The first-order valence-electron chi connectivity index (χ1n) is 7.14. The number of aliphatic imine (C=N–C) groups is 1. The van der Waals surface area contributed by atoms with Crippen LogP contribution < -0.4 is 5.32 Å². The summed E-state index contributed by atoms with van der Waals surface area (Å²) in [5, 5.41) is 3.35. The molecule has 1 rings (SSSR count). The monoisotopic (exact) mass is 264 g/mol. The van der Waals surface area contributed by atoms with Gasteiger partial charge in [-0.2, -0.15) is 0 Å². The maximum atomic E-state index is 4.69. The predicted molar refractivity (Wildman–Crippen MR) is 82.3 cm³/mol. The molecule has 0 aliphatic rings. The van der Waals surface area contributed by atoms with Crippen LogP contribution in [0.1, 0.15) is 32.9 Å². The average Bonchev–Trinajstić information content (AvgIpc) is 2.73. The molecule has 1 N–H and O–H groups in total. The second-order valence-corrected chi connectivity index (χ2v) is 5.38. The Hall–Kier alpha value is -1.45. The molecular weight excluding hydrogens is 236 g/mol. The van der Waals surface area contributed by atoms with Gasteiger partial charge in [-0.1, -0.05) is 13.8 Å². The van der Waals surface area contributed by atoms with E-state index in [2.05, 4.69) is 73.0 Å². The fourth-order valence-corrected chi connectivity index (χ4v) is 1.88. The van der Waals surface area contributed by atoms with Crippen molar-refractivity contribution < 1.29 is 0 Å². The van der Waals surface area contributed by atoms with E-state index in [1.807, 2.05) is 0 Å². The van der Waals surface area contributed by atoms with Crippen LogP contribution in [0.5, 0.6) is 0 Å². The Morgan fingerprint density at radius 1 is 1.47 bits per heavy atom. The quantitative estimate of drug-likeness (QED) is 0.632. The van der Waals surface area contributed by atoms with E-state index >= 15 is 0 Å². The smallest absolute Gasteiger partial charge is 0.194 e. The van der Waals surface area contributed by atoms with Gasteiger partial charge in [-0.15, -0.1) is 0 Å². The summed E-state index contributed by atoms with van der Waals surface area (Å²) in [6, 6.07) is 4.22. The minimum Gasteiger partial charge on any atom is -0.357 e. The Labute approximate surface area is 117 Å². The van der Waals surface area contributed by atoms with E-state index in [0.29, 0.717) is 5.92 Å². The molecule has 0 spiro atoms. The first-order chi connectivity index (χ1) is 9.04. The zero-order chi connectivity index (χ0) is 14.3. The van der Waals surface area contributed by atoms with E-state index in [1.165, 1.54) is 5.69 Å². The van der Waals surface area contributed by atoms with Gasteiger partial charge in [-0.3, -0.25) is 4.99 Å². The van der Waals surface area contributed by atoms with Crippen LogP contribution in [0.25, 0.3) is 0 Å². The molecule has 0 unspecified atom stereocenters. The molecule has 108 valence electrons. The second-order valence-electron chi connectivity index (χ2n) is 5.38. The van der Waals surface area contributed by atoms with Gasteiger partial charge in [0.05, 0.1) is 6.54 Å². The van der Waals surface area contributed by atoms with Crippen molar-refractivity contribution >= 4 is 5.96 Å². The molecule has 1 aromatic rings. The van der Waals surface area contributed by atoms with Crippen molar-refractivity contribution in [3.8, 4) is 0 Å². The van der Waals surface area contributed by atoms with E-state index in [0.717, 1.165) is 32.0 Å². The Bertz CT molecular complexity index is 393. The van der Waals surface area contributed by atoms with Crippen LogP contribution in [0.3, 0.4) is 0 Å².